The van der Waals surface area contributed by atoms with Crippen molar-refractivity contribution in [3.8, 4) is 0 Å². The third-order valence-electron chi connectivity index (χ3n) is 5.47. The Kier molecular flexibility index (Phi) is 6.29. The monoisotopic (exact) mass is 347 g/mol. The molecule has 1 aromatic rings. The second-order valence-corrected chi connectivity index (χ2v) is 7.37. The van der Waals surface area contributed by atoms with Crippen molar-refractivity contribution in [2.45, 2.75) is 45.1 Å². The normalized spacial score (nSPS) is 24.5. The van der Waals surface area contributed by atoms with E-state index in [9.17, 15) is 9.18 Å². The number of rotatable bonds is 6. The Bertz CT molecular complexity index is 561. The molecular formula is C20H30FN3O. The lowest BCUT2D eigenvalue weighted by atomic mass is 10.0. The number of piperidine rings is 1. The van der Waals surface area contributed by atoms with Gasteiger partial charge in [0.25, 0.3) is 0 Å². The number of benzene rings is 1. The lowest BCUT2D eigenvalue weighted by Crippen LogP contribution is -2.50. The number of anilines is 1. The fourth-order valence-electron chi connectivity index (χ4n) is 4.09. The minimum absolute atomic E-state index is 0.0586. The van der Waals surface area contributed by atoms with Crippen molar-refractivity contribution >= 4 is 11.6 Å². The fourth-order valence-corrected chi connectivity index (χ4v) is 4.09. The molecule has 2 atom stereocenters. The van der Waals surface area contributed by atoms with Gasteiger partial charge in [0.1, 0.15) is 5.82 Å². The van der Waals surface area contributed by atoms with Crippen LogP contribution in [0.2, 0.25) is 0 Å². The summed E-state index contributed by atoms with van der Waals surface area (Å²) >= 11 is 0. The minimum atomic E-state index is -0.198. The highest BCUT2D eigenvalue weighted by atomic mass is 19.1. The molecule has 0 aliphatic carbocycles. The van der Waals surface area contributed by atoms with E-state index in [-0.39, 0.29) is 17.8 Å². The second-order valence-electron chi connectivity index (χ2n) is 7.37. The summed E-state index contributed by atoms with van der Waals surface area (Å²) in [6.07, 6.45) is 5.51. The first-order valence-electron chi connectivity index (χ1n) is 9.69. The first-order chi connectivity index (χ1) is 12.2. The van der Waals surface area contributed by atoms with Crippen LogP contribution in [0.3, 0.4) is 0 Å². The van der Waals surface area contributed by atoms with Crippen LogP contribution in [0, 0.1) is 11.7 Å². The zero-order chi connectivity index (χ0) is 17.6. The van der Waals surface area contributed by atoms with Gasteiger partial charge in [-0.15, -0.1) is 0 Å². The molecule has 1 amide bonds. The molecule has 1 aromatic carbocycles. The van der Waals surface area contributed by atoms with Crippen molar-refractivity contribution in [3.63, 3.8) is 0 Å². The van der Waals surface area contributed by atoms with Gasteiger partial charge in [-0.3, -0.25) is 9.69 Å². The van der Waals surface area contributed by atoms with Crippen molar-refractivity contribution in [2.24, 2.45) is 5.92 Å². The van der Waals surface area contributed by atoms with Crippen LogP contribution in [-0.2, 0) is 4.79 Å². The highest BCUT2D eigenvalue weighted by molar-refractivity contribution is 5.81. The number of amides is 1. The van der Waals surface area contributed by atoms with Crippen LogP contribution in [0.15, 0.2) is 24.3 Å². The molecule has 3 rings (SSSR count). The zero-order valence-corrected chi connectivity index (χ0v) is 15.2. The maximum absolute atomic E-state index is 13.1. The number of nitrogens with zero attached hydrogens (tertiary/aromatic N) is 2. The van der Waals surface area contributed by atoms with Crippen LogP contribution < -0.4 is 10.2 Å². The number of hydrogen-bond donors (Lipinski definition) is 1. The van der Waals surface area contributed by atoms with E-state index >= 15 is 0 Å². The SMILES string of the molecule is CCCN1CCCC[C@H]1C(=O)NC[C@@H]1CCN(c2ccc(F)cc2)C1. The van der Waals surface area contributed by atoms with Crippen LogP contribution in [0.4, 0.5) is 10.1 Å². The van der Waals surface area contributed by atoms with Gasteiger partial charge in [-0.1, -0.05) is 13.3 Å². The maximum atomic E-state index is 13.1. The van der Waals surface area contributed by atoms with Crippen LogP contribution in [0.25, 0.3) is 0 Å². The first kappa shape index (κ1) is 18.2. The van der Waals surface area contributed by atoms with E-state index < -0.39 is 0 Å². The van der Waals surface area contributed by atoms with E-state index in [0.29, 0.717) is 5.92 Å². The number of nitrogens with one attached hydrogen (secondary N) is 1. The molecule has 2 fully saturated rings. The Hall–Kier alpha value is -1.62. The lowest BCUT2D eigenvalue weighted by molar-refractivity contribution is -0.127. The first-order valence-corrected chi connectivity index (χ1v) is 9.69. The van der Waals surface area contributed by atoms with Gasteiger partial charge in [0.2, 0.25) is 5.91 Å². The van der Waals surface area contributed by atoms with Crippen molar-refractivity contribution in [1.82, 2.24) is 10.2 Å². The van der Waals surface area contributed by atoms with E-state index in [1.54, 1.807) is 0 Å². The van der Waals surface area contributed by atoms with Gasteiger partial charge < -0.3 is 10.2 Å². The number of carbonyl (C=O) groups is 1. The molecule has 0 saturated carbocycles. The summed E-state index contributed by atoms with van der Waals surface area (Å²) in [7, 11) is 0. The van der Waals surface area contributed by atoms with Gasteiger partial charge in [0.05, 0.1) is 6.04 Å². The molecule has 0 aromatic heterocycles. The van der Waals surface area contributed by atoms with Gasteiger partial charge in [0, 0.05) is 25.3 Å². The number of hydrogen-bond acceptors (Lipinski definition) is 3. The van der Waals surface area contributed by atoms with Crippen molar-refractivity contribution < 1.29 is 9.18 Å². The highest BCUT2D eigenvalue weighted by Crippen LogP contribution is 2.24. The summed E-state index contributed by atoms with van der Waals surface area (Å²) < 4.78 is 13.1. The Labute approximate surface area is 150 Å². The molecule has 2 aliphatic rings. The van der Waals surface area contributed by atoms with E-state index in [1.165, 1.54) is 18.6 Å². The summed E-state index contributed by atoms with van der Waals surface area (Å²) in [5, 5.41) is 3.20. The maximum Gasteiger partial charge on any atom is 0.237 e. The van der Waals surface area contributed by atoms with Crippen LogP contribution in [0.1, 0.15) is 39.0 Å². The number of likely N-dealkylation sites (tertiary alicyclic amines) is 1. The lowest BCUT2D eigenvalue weighted by Gasteiger charge is -2.34. The molecule has 0 unspecified atom stereocenters. The van der Waals surface area contributed by atoms with E-state index in [1.807, 2.05) is 12.1 Å². The third kappa shape index (κ3) is 4.72. The minimum Gasteiger partial charge on any atom is -0.371 e. The van der Waals surface area contributed by atoms with E-state index in [2.05, 4.69) is 22.0 Å². The molecule has 0 radical (unpaired) electrons. The van der Waals surface area contributed by atoms with Crippen LogP contribution in [-0.4, -0.2) is 49.6 Å². The predicted molar refractivity (Wildman–Crippen MR) is 99.2 cm³/mol. The fraction of sp³-hybridized carbons (Fsp3) is 0.650. The predicted octanol–water partition coefficient (Wildman–Crippen LogP) is 3.03. The van der Waals surface area contributed by atoms with Gasteiger partial charge in [-0.05, 0) is 69.0 Å². The smallest absolute Gasteiger partial charge is 0.237 e. The molecular weight excluding hydrogens is 317 g/mol. The average Bonchev–Trinajstić information content (AvgIpc) is 3.10. The average molecular weight is 347 g/mol. The number of halogens is 1. The summed E-state index contributed by atoms with van der Waals surface area (Å²) in [6.45, 7) is 6.87. The molecule has 0 spiro atoms. The Morgan fingerprint density at radius 2 is 2.00 bits per heavy atom. The summed E-state index contributed by atoms with van der Waals surface area (Å²) in [5.74, 6) is 0.474. The van der Waals surface area contributed by atoms with Gasteiger partial charge in [0.15, 0.2) is 0 Å². The van der Waals surface area contributed by atoms with Crippen molar-refractivity contribution in [3.05, 3.63) is 30.1 Å². The topological polar surface area (TPSA) is 35.6 Å². The quantitative estimate of drug-likeness (QED) is 0.859. The molecule has 4 nitrogen and oxygen atoms in total. The Morgan fingerprint density at radius 3 is 2.76 bits per heavy atom. The molecule has 2 saturated heterocycles. The third-order valence-corrected chi connectivity index (χ3v) is 5.47. The molecule has 0 bridgehead atoms. The molecule has 1 N–H and O–H groups in total. The van der Waals surface area contributed by atoms with Gasteiger partial charge >= 0.3 is 0 Å². The molecule has 25 heavy (non-hydrogen) atoms. The van der Waals surface area contributed by atoms with Crippen LogP contribution in [0.5, 0.6) is 0 Å². The van der Waals surface area contributed by atoms with E-state index in [0.717, 1.165) is 64.1 Å². The largest absolute Gasteiger partial charge is 0.371 e. The standard InChI is InChI=1S/C20H30FN3O/c1-2-11-23-12-4-3-5-19(23)20(25)22-14-16-10-13-24(15-16)18-8-6-17(21)7-9-18/h6-9,16,19H,2-5,10-15H2,1H3,(H,22,25)/t16-,19-/m0/s1. The molecule has 138 valence electrons. The van der Waals surface area contributed by atoms with Gasteiger partial charge in [-0.25, -0.2) is 4.39 Å². The van der Waals surface area contributed by atoms with Crippen LogP contribution >= 0.6 is 0 Å². The number of carbonyl (C=O) groups excluding carboxylic acids is 1. The van der Waals surface area contributed by atoms with Gasteiger partial charge in [-0.2, -0.15) is 0 Å². The van der Waals surface area contributed by atoms with E-state index in [4.69, 9.17) is 0 Å². The summed E-state index contributed by atoms with van der Waals surface area (Å²) in [5.41, 5.74) is 1.07. The summed E-state index contributed by atoms with van der Waals surface area (Å²) in [4.78, 5) is 17.2. The Balaban J connectivity index is 1.47. The molecule has 2 aliphatic heterocycles. The summed E-state index contributed by atoms with van der Waals surface area (Å²) in [6, 6.07) is 6.75. The molecule has 5 heteroatoms. The Morgan fingerprint density at radius 1 is 1.20 bits per heavy atom. The highest BCUT2D eigenvalue weighted by Gasteiger charge is 2.29. The second kappa shape index (κ2) is 8.65. The van der Waals surface area contributed by atoms with Crippen molar-refractivity contribution in [1.29, 1.82) is 0 Å². The molecule has 2 heterocycles. The van der Waals surface area contributed by atoms with Crippen molar-refractivity contribution in [2.75, 3.05) is 37.6 Å². The zero-order valence-electron chi connectivity index (χ0n) is 15.2.